The Morgan fingerprint density at radius 1 is 1.47 bits per heavy atom. The standard InChI is InChI=1S/C12H16BrNO/c1-8-3-4-10(13)11(12(8)15-2)9-5-6-14-7-9/h3-4,9,14H,5-7H2,1-2H3. The van der Waals surface area contributed by atoms with Crippen molar-refractivity contribution in [1.29, 1.82) is 0 Å². The number of hydrogen-bond donors (Lipinski definition) is 1. The van der Waals surface area contributed by atoms with Gasteiger partial charge in [0.05, 0.1) is 7.11 Å². The first-order chi connectivity index (χ1) is 7.24. The Morgan fingerprint density at radius 3 is 2.87 bits per heavy atom. The normalized spacial score (nSPS) is 20.6. The van der Waals surface area contributed by atoms with Crippen LogP contribution in [0.1, 0.15) is 23.5 Å². The van der Waals surface area contributed by atoms with E-state index in [1.165, 1.54) is 22.0 Å². The van der Waals surface area contributed by atoms with Crippen LogP contribution < -0.4 is 10.1 Å². The highest BCUT2D eigenvalue weighted by atomic mass is 79.9. The molecule has 2 rings (SSSR count). The molecule has 15 heavy (non-hydrogen) atoms. The number of hydrogen-bond acceptors (Lipinski definition) is 2. The molecule has 1 aromatic carbocycles. The van der Waals surface area contributed by atoms with Gasteiger partial charge in [-0.05, 0) is 31.5 Å². The van der Waals surface area contributed by atoms with Crippen molar-refractivity contribution in [1.82, 2.24) is 5.32 Å². The third kappa shape index (κ3) is 2.04. The Bertz CT molecular complexity index is 359. The van der Waals surface area contributed by atoms with Crippen LogP contribution >= 0.6 is 15.9 Å². The van der Waals surface area contributed by atoms with E-state index in [1.807, 2.05) is 0 Å². The third-order valence-corrected chi connectivity index (χ3v) is 3.70. The predicted octanol–water partition coefficient (Wildman–Crippen LogP) is 2.84. The second-order valence-corrected chi connectivity index (χ2v) is 4.86. The fourth-order valence-electron chi connectivity index (χ4n) is 2.24. The summed E-state index contributed by atoms with van der Waals surface area (Å²) in [6.45, 7) is 4.25. The molecule has 1 unspecified atom stereocenters. The van der Waals surface area contributed by atoms with Crippen molar-refractivity contribution < 1.29 is 4.74 Å². The zero-order chi connectivity index (χ0) is 10.8. The molecule has 1 saturated heterocycles. The molecule has 2 nitrogen and oxygen atoms in total. The van der Waals surface area contributed by atoms with Crippen LogP contribution in [0.25, 0.3) is 0 Å². The second-order valence-electron chi connectivity index (χ2n) is 4.00. The van der Waals surface area contributed by atoms with Gasteiger partial charge in [-0.2, -0.15) is 0 Å². The molecule has 0 aromatic heterocycles. The Labute approximate surface area is 99.1 Å². The lowest BCUT2D eigenvalue weighted by molar-refractivity contribution is 0.402. The van der Waals surface area contributed by atoms with Crippen LogP contribution in [0.3, 0.4) is 0 Å². The van der Waals surface area contributed by atoms with Crippen molar-refractivity contribution in [2.45, 2.75) is 19.3 Å². The van der Waals surface area contributed by atoms with Crippen molar-refractivity contribution >= 4 is 15.9 Å². The molecule has 0 aliphatic carbocycles. The van der Waals surface area contributed by atoms with Crippen molar-refractivity contribution in [3.8, 4) is 5.75 Å². The molecule has 82 valence electrons. The molecule has 1 aromatic rings. The van der Waals surface area contributed by atoms with Crippen molar-refractivity contribution in [2.24, 2.45) is 0 Å². The summed E-state index contributed by atoms with van der Waals surface area (Å²) in [5.74, 6) is 1.62. The largest absolute Gasteiger partial charge is 0.496 e. The molecule has 0 amide bonds. The summed E-state index contributed by atoms with van der Waals surface area (Å²) in [6.07, 6.45) is 1.19. The lowest BCUT2D eigenvalue weighted by Gasteiger charge is -2.17. The molecule has 0 saturated carbocycles. The number of benzene rings is 1. The lowest BCUT2D eigenvalue weighted by atomic mass is 9.95. The van der Waals surface area contributed by atoms with Crippen molar-refractivity contribution in [3.05, 3.63) is 27.7 Å². The Kier molecular flexibility index (Phi) is 3.32. The molecule has 0 radical (unpaired) electrons. The number of aryl methyl sites for hydroxylation is 1. The number of ether oxygens (including phenoxy) is 1. The van der Waals surface area contributed by atoms with Crippen LogP contribution in [0.2, 0.25) is 0 Å². The summed E-state index contributed by atoms with van der Waals surface area (Å²) in [5.41, 5.74) is 2.53. The van der Waals surface area contributed by atoms with Crippen LogP contribution in [0.15, 0.2) is 16.6 Å². The van der Waals surface area contributed by atoms with Crippen LogP contribution in [-0.2, 0) is 0 Å². The Hall–Kier alpha value is -0.540. The molecule has 0 bridgehead atoms. The molecule has 1 fully saturated rings. The molecule has 1 heterocycles. The second kappa shape index (κ2) is 4.54. The highest BCUT2D eigenvalue weighted by molar-refractivity contribution is 9.10. The summed E-state index contributed by atoms with van der Waals surface area (Å²) >= 11 is 3.62. The maximum Gasteiger partial charge on any atom is 0.126 e. The molecular weight excluding hydrogens is 254 g/mol. The Morgan fingerprint density at radius 2 is 2.27 bits per heavy atom. The fraction of sp³-hybridized carbons (Fsp3) is 0.500. The molecule has 1 aliphatic rings. The summed E-state index contributed by atoms with van der Waals surface area (Å²) < 4.78 is 6.68. The molecule has 1 aliphatic heterocycles. The Balaban J connectivity index is 2.46. The van der Waals surface area contributed by atoms with E-state index in [1.54, 1.807) is 7.11 Å². The van der Waals surface area contributed by atoms with E-state index in [-0.39, 0.29) is 0 Å². The van der Waals surface area contributed by atoms with Gasteiger partial charge in [-0.1, -0.05) is 22.0 Å². The van der Waals surface area contributed by atoms with E-state index in [4.69, 9.17) is 4.74 Å². The topological polar surface area (TPSA) is 21.3 Å². The van der Waals surface area contributed by atoms with Gasteiger partial charge < -0.3 is 10.1 Å². The molecule has 3 heteroatoms. The van der Waals surface area contributed by atoms with E-state index in [2.05, 4.69) is 40.3 Å². The molecule has 1 atom stereocenters. The van der Waals surface area contributed by atoms with E-state index in [9.17, 15) is 0 Å². The van der Waals surface area contributed by atoms with Gasteiger partial charge >= 0.3 is 0 Å². The first kappa shape index (κ1) is 11.0. The monoisotopic (exact) mass is 269 g/mol. The van der Waals surface area contributed by atoms with Gasteiger partial charge in [0.25, 0.3) is 0 Å². The predicted molar refractivity (Wildman–Crippen MR) is 65.7 cm³/mol. The van der Waals surface area contributed by atoms with Gasteiger partial charge in [0.1, 0.15) is 5.75 Å². The van der Waals surface area contributed by atoms with Crippen LogP contribution in [-0.4, -0.2) is 20.2 Å². The van der Waals surface area contributed by atoms with E-state index in [0.29, 0.717) is 5.92 Å². The van der Waals surface area contributed by atoms with Gasteiger partial charge in [-0.3, -0.25) is 0 Å². The number of rotatable bonds is 2. The minimum atomic E-state index is 0.578. The van der Waals surface area contributed by atoms with Crippen LogP contribution in [0.5, 0.6) is 5.75 Å². The summed E-state index contributed by atoms with van der Waals surface area (Å²) in [4.78, 5) is 0. The van der Waals surface area contributed by atoms with Gasteiger partial charge in [-0.25, -0.2) is 0 Å². The number of halogens is 1. The van der Waals surface area contributed by atoms with Crippen LogP contribution in [0, 0.1) is 6.92 Å². The summed E-state index contributed by atoms with van der Waals surface area (Å²) in [7, 11) is 1.75. The average Bonchev–Trinajstić information content (AvgIpc) is 2.74. The van der Waals surface area contributed by atoms with Crippen molar-refractivity contribution in [3.63, 3.8) is 0 Å². The SMILES string of the molecule is COc1c(C)ccc(Br)c1C1CCNC1. The zero-order valence-corrected chi connectivity index (χ0v) is 10.7. The van der Waals surface area contributed by atoms with E-state index >= 15 is 0 Å². The number of methoxy groups -OCH3 is 1. The van der Waals surface area contributed by atoms with Gasteiger partial charge in [0.2, 0.25) is 0 Å². The quantitative estimate of drug-likeness (QED) is 0.892. The van der Waals surface area contributed by atoms with Gasteiger partial charge in [-0.15, -0.1) is 0 Å². The van der Waals surface area contributed by atoms with E-state index in [0.717, 1.165) is 18.8 Å². The first-order valence-electron chi connectivity index (χ1n) is 5.27. The highest BCUT2D eigenvalue weighted by Crippen LogP contribution is 2.38. The molecule has 0 spiro atoms. The molecule has 1 N–H and O–H groups in total. The minimum absolute atomic E-state index is 0.578. The smallest absolute Gasteiger partial charge is 0.126 e. The van der Waals surface area contributed by atoms with Gasteiger partial charge in [0.15, 0.2) is 0 Å². The van der Waals surface area contributed by atoms with Crippen molar-refractivity contribution in [2.75, 3.05) is 20.2 Å². The average molecular weight is 270 g/mol. The number of nitrogens with one attached hydrogen (secondary N) is 1. The maximum absolute atomic E-state index is 5.51. The summed E-state index contributed by atoms with van der Waals surface area (Å²) in [6, 6.07) is 4.21. The third-order valence-electron chi connectivity index (χ3n) is 3.01. The van der Waals surface area contributed by atoms with Gasteiger partial charge in [0, 0.05) is 22.5 Å². The highest BCUT2D eigenvalue weighted by Gasteiger charge is 2.23. The summed E-state index contributed by atoms with van der Waals surface area (Å²) in [5, 5.41) is 3.39. The fourth-order valence-corrected chi connectivity index (χ4v) is 2.87. The first-order valence-corrected chi connectivity index (χ1v) is 6.07. The maximum atomic E-state index is 5.51. The zero-order valence-electron chi connectivity index (χ0n) is 9.14. The lowest BCUT2D eigenvalue weighted by Crippen LogP contribution is -2.09. The van der Waals surface area contributed by atoms with E-state index < -0.39 is 0 Å². The van der Waals surface area contributed by atoms with Crippen LogP contribution in [0.4, 0.5) is 0 Å². The minimum Gasteiger partial charge on any atom is -0.496 e. The molecular formula is C12H16BrNO.